The summed E-state index contributed by atoms with van der Waals surface area (Å²) in [6, 6.07) is 23.4. The molecule has 0 aromatic heterocycles. The number of nitrogens with zero attached hydrogens (tertiary/aromatic N) is 1. The molecule has 1 aliphatic carbocycles. The average molecular weight is 513 g/mol. The van der Waals surface area contributed by atoms with Crippen molar-refractivity contribution in [2.24, 2.45) is 0 Å². The first-order valence-corrected chi connectivity index (χ1v) is 13.8. The standard InChI is InChI=1S/C33H40N2O3/c1-24-12-10-16-28(20-24)22-35(32(36)23-38-31-19-11-13-25(2)26(31)3)30(21-27-14-6-4-7-15-27)33(37)34-29-17-8-5-9-18-29/h4,6-7,10-16,19-20,29-30H,5,8-9,17-18,21-23H2,1-3H3,(H,34,37). The monoisotopic (exact) mass is 512 g/mol. The first kappa shape index (κ1) is 27.4. The molecule has 0 spiro atoms. The van der Waals surface area contributed by atoms with E-state index in [0.717, 1.165) is 53.5 Å². The van der Waals surface area contributed by atoms with E-state index in [4.69, 9.17) is 4.74 Å². The van der Waals surface area contributed by atoms with E-state index in [1.165, 1.54) is 6.42 Å². The maximum absolute atomic E-state index is 13.9. The van der Waals surface area contributed by atoms with Gasteiger partial charge in [0, 0.05) is 19.0 Å². The third-order valence-corrected chi connectivity index (χ3v) is 7.56. The van der Waals surface area contributed by atoms with Crippen molar-refractivity contribution in [3.05, 3.63) is 101 Å². The lowest BCUT2D eigenvalue weighted by atomic mass is 9.94. The highest BCUT2D eigenvalue weighted by Gasteiger charge is 2.32. The Hall–Kier alpha value is -3.60. The second-order valence-corrected chi connectivity index (χ2v) is 10.5. The number of rotatable bonds is 10. The molecule has 1 N–H and O–H groups in total. The van der Waals surface area contributed by atoms with Gasteiger partial charge in [0.05, 0.1) is 0 Å². The van der Waals surface area contributed by atoms with E-state index >= 15 is 0 Å². The van der Waals surface area contributed by atoms with Gasteiger partial charge < -0.3 is 15.0 Å². The summed E-state index contributed by atoms with van der Waals surface area (Å²) in [6.45, 7) is 6.27. The summed E-state index contributed by atoms with van der Waals surface area (Å²) < 4.78 is 6.03. The van der Waals surface area contributed by atoms with Crippen molar-refractivity contribution in [3.8, 4) is 5.75 Å². The molecule has 0 heterocycles. The SMILES string of the molecule is Cc1cccc(CN(C(=O)COc2cccc(C)c2C)C(Cc2ccccc2)C(=O)NC2CCCCC2)c1. The molecule has 38 heavy (non-hydrogen) atoms. The number of hydrogen-bond acceptors (Lipinski definition) is 3. The van der Waals surface area contributed by atoms with Crippen LogP contribution < -0.4 is 10.1 Å². The molecule has 5 heteroatoms. The molecule has 0 saturated heterocycles. The highest BCUT2D eigenvalue weighted by atomic mass is 16.5. The molecule has 2 amide bonds. The van der Waals surface area contributed by atoms with Crippen LogP contribution in [-0.2, 0) is 22.6 Å². The molecule has 3 aromatic carbocycles. The van der Waals surface area contributed by atoms with E-state index in [2.05, 4.69) is 11.4 Å². The van der Waals surface area contributed by atoms with Crippen LogP contribution in [-0.4, -0.2) is 35.4 Å². The predicted molar refractivity (Wildman–Crippen MR) is 152 cm³/mol. The normalized spacial score (nSPS) is 14.5. The van der Waals surface area contributed by atoms with Crippen molar-refractivity contribution in [1.29, 1.82) is 0 Å². The van der Waals surface area contributed by atoms with Gasteiger partial charge in [-0.15, -0.1) is 0 Å². The first-order chi connectivity index (χ1) is 18.4. The third kappa shape index (κ3) is 7.47. The van der Waals surface area contributed by atoms with E-state index < -0.39 is 6.04 Å². The van der Waals surface area contributed by atoms with Gasteiger partial charge in [-0.25, -0.2) is 0 Å². The number of carbonyl (C=O) groups is 2. The molecule has 0 radical (unpaired) electrons. The van der Waals surface area contributed by atoms with Crippen molar-refractivity contribution in [2.45, 2.75) is 77.9 Å². The maximum atomic E-state index is 13.9. The molecule has 1 unspecified atom stereocenters. The van der Waals surface area contributed by atoms with Gasteiger partial charge in [-0.2, -0.15) is 0 Å². The van der Waals surface area contributed by atoms with Gasteiger partial charge in [-0.1, -0.05) is 91.6 Å². The van der Waals surface area contributed by atoms with E-state index in [1.54, 1.807) is 4.90 Å². The number of hydrogen-bond donors (Lipinski definition) is 1. The molecule has 0 aliphatic heterocycles. The van der Waals surface area contributed by atoms with Crippen LogP contribution in [0.25, 0.3) is 0 Å². The minimum Gasteiger partial charge on any atom is -0.483 e. The van der Waals surface area contributed by atoms with Crippen LogP contribution in [0.4, 0.5) is 0 Å². The van der Waals surface area contributed by atoms with Gasteiger partial charge in [0.15, 0.2) is 6.61 Å². The fourth-order valence-electron chi connectivity index (χ4n) is 5.21. The van der Waals surface area contributed by atoms with Gasteiger partial charge in [-0.3, -0.25) is 9.59 Å². The van der Waals surface area contributed by atoms with Crippen molar-refractivity contribution in [3.63, 3.8) is 0 Å². The van der Waals surface area contributed by atoms with Crippen LogP contribution in [0, 0.1) is 20.8 Å². The third-order valence-electron chi connectivity index (χ3n) is 7.56. The Balaban J connectivity index is 1.62. The van der Waals surface area contributed by atoms with E-state index in [-0.39, 0.29) is 24.5 Å². The molecular formula is C33H40N2O3. The minimum atomic E-state index is -0.644. The molecule has 0 bridgehead atoms. The zero-order valence-corrected chi connectivity index (χ0v) is 22.9. The molecule has 1 atom stereocenters. The fraction of sp³-hybridized carbons (Fsp3) is 0.394. The quantitative estimate of drug-likeness (QED) is 0.358. The predicted octanol–water partition coefficient (Wildman–Crippen LogP) is 6.08. The van der Waals surface area contributed by atoms with Crippen molar-refractivity contribution in [2.75, 3.05) is 6.61 Å². The van der Waals surface area contributed by atoms with Gasteiger partial charge in [0.2, 0.25) is 5.91 Å². The van der Waals surface area contributed by atoms with Crippen molar-refractivity contribution in [1.82, 2.24) is 10.2 Å². The fourth-order valence-corrected chi connectivity index (χ4v) is 5.21. The lowest BCUT2D eigenvalue weighted by Gasteiger charge is -2.33. The van der Waals surface area contributed by atoms with Gasteiger partial charge in [-0.05, 0) is 61.9 Å². The largest absolute Gasteiger partial charge is 0.483 e. The molecule has 1 aliphatic rings. The summed E-state index contributed by atoms with van der Waals surface area (Å²) in [5, 5.41) is 3.29. The summed E-state index contributed by atoms with van der Waals surface area (Å²) in [7, 11) is 0. The smallest absolute Gasteiger partial charge is 0.261 e. The number of benzene rings is 3. The molecular weight excluding hydrogens is 472 g/mol. The van der Waals surface area contributed by atoms with Crippen molar-refractivity contribution < 1.29 is 14.3 Å². The van der Waals surface area contributed by atoms with Crippen LogP contribution in [0.1, 0.15) is 59.9 Å². The number of aryl methyl sites for hydroxylation is 2. The zero-order chi connectivity index (χ0) is 26.9. The Bertz CT molecular complexity index is 1220. The Labute approximate surface area is 227 Å². The molecule has 4 rings (SSSR count). The Morgan fingerprint density at radius 3 is 2.34 bits per heavy atom. The highest BCUT2D eigenvalue weighted by molar-refractivity contribution is 5.88. The Morgan fingerprint density at radius 1 is 0.895 bits per heavy atom. The van der Waals surface area contributed by atoms with Crippen LogP contribution in [0.5, 0.6) is 5.75 Å². The van der Waals surface area contributed by atoms with Crippen LogP contribution in [0.15, 0.2) is 72.8 Å². The average Bonchev–Trinajstić information content (AvgIpc) is 2.92. The van der Waals surface area contributed by atoms with E-state index in [1.807, 2.05) is 87.5 Å². The van der Waals surface area contributed by atoms with Gasteiger partial charge in [0.25, 0.3) is 5.91 Å². The summed E-state index contributed by atoms with van der Waals surface area (Å²) in [5.74, 6) is 0.403. The molecule has 1 saturated carbocycles. The maximum Gasteiger partial charge on any atom is 0.261 e. The summed E-state index contributed by atoms with van der Waals surface area (Å²) in [4.78, 5) is 29.4. The van der Waals surface area contributed by atoms with Crippen LogP contribution in [0.3, 0.4) is 0 Å². The lowest BCUT2D eigenvalue weighted by Crippen LogP contribution is -2.53. The second kappa shape index (κ2) is 13.3. The molecule has 200 valence electrons. The number of carbonyl (C=O) groups excluding carboxylic acids is 2. The Kier molecular flexibility index (Phi) is 9.58. The van der Waals surface area contributed by atoms with Gasteiger partial charge >= 0.3 is 0 Å². The first-order valence-electron chi connectivity index (χ1n) is 13.8. The molecule has 5 nitrogen and oxygen atoms in total. The van der Waals surface area contributed by atoms with Gasteiger partial charge in [0.1, 0.15) is 11.8 Å². The molecule has 1 fully saturated rings. The summed E-state index contributed by atoms with van der Waals surface area (Å²) >= 11 is 0. The number of ether oxygens (including phenoxy) is 1. The molecule has 3 aromatic rings. The van der Waals surface area contributed by atoms with E-state index in [0.29, 0.717) is 18.7 Å². The zero-order valence-electron chi connectivity index (χ0n) is 22.9. The lowest BCUT2D eigenvalue weighted by molar-refractivity contribution is -0.143. The summed E-state index contributed by atoms with van der Waals surface area (Å²) in [6.07, 6.45) is 5.90. The second-order valence-electron chi connectivity index (χ2n) is 10.5. The number of nitrogens with one attached hydrogen (secondary N) is 1. The van der Waals surface area contributed by atoms with E-state index in [9.17, 15) is 9.59 Å². The Morgan fingerprint density at radius 2 is 1.61 bits per heavy atom. The summed E-state index contributed by atoms with van der Waals surface area (Å²) in [5.41, 5.74) is 5.26. The van der Waals surface area contributed by atoms with Crippen LogP contribution >= 0.6 is 0 Å². The van der Waals surface area contributed by atoms with Crippen molar-refractivity contribution >= 4 is 11.8 Å². The topological polar surface area (TPSA) is 58.6 Å². The van der Waals surface area contributed by atoms with Crippen LogP contribution in [0.2, 0.25) is 0 Å². The number of amides is 2. The highest BCUT2D eigenvalue weighted by Crippen LogP contribution is 2.22. The minimum absolute atomic E-state index is 0.0894.